The predicted octanol–water partition coefficient (Wildman–Crippen LogP) is 3.44. The van der Waals surface area contributed by atoms with Gasteiger partial charge in [0.1, 0.15) is 5.82 Å². The first-order valence-electron chi connectivity index (χ1n) is 8.89. The third-order valence-electron chi connectivity index (χ3n) is 5.31. The molecule has 4 rings (SSSR count). The molecule has 1 aromatic heterocycles. The smallest absolute Gasteiger partial charge is 0.255 e. The van der Waals surface area contributed by atoms with Crippen LogP contribution in [-0.2, 0) is 4.74 Å². The zero-order valence-electron chi connectivity index (χ0n) is 14.1. The minimum Gasteiger partial charge on any atom is -0.373 e. The first-order chi connectivity index (χ1) is 12.2. The average Bonchev–Trinajstić information content (AvgIpc) is 3.23. The molecular formula is C19H22FN3O2. The molecule has 6 heteroatoms. The van der Waals surface area contributed by atoms with E-state index in [0.717, 1.165) is 19.3 Å². The van der Waals surface area contributed by atoms with Crippen molar-refractivity contribution in [1.82, 2.24) is 15.5 Å². The Bertz CT molecular complexity index is 768. The van der Waals surface area contributed by atoms with Gasteiger partial charge in [-0.1, -0.05) is 31.4 Å². The summed E-state index contributed by atoms with van der Waals surface area (Å²) in [5, 5.41) is 9.83. The first-order valence-corrected chi connectivity index (χ1v) is 8.89. The Hall–Kier alpha value is -2.21. The molecule has 1 saturated carbocycles. The van der Waals surface area contributed by atoms with Crippen LogP contribution in [0.2, 0.25) is 0 Å². The number of aromatic amines is 1. The Morgan fingerprint density at radius 2 is 2.16 bits per heavy atom. The molecular weight excluding hydrogens is 321 g/mol. The van der Waals surface area contributed by atoms with Gasteiger partial charge in [0.15, 0.2) is 0 Å². The van der Waals surface area contributed by atoms with Gasteiger partial charge in [-0.3, -0.25) is 9.89 Å². The van der Waals surface area contributed by atoms with Crippen LogP contribution in [0, 0.1) is 5.82 Å². The summed E-state index contributed by atoms with van der Waals surface area (Å²) in [4.78, 5) is 12.7. The van der Waals surface area contributed by atoms with Crippen molar-refractivity contribution in [3.8, 4) is 11.3 Å². The Labute approximate surface area is 146 Å². The second kappa shape index (κ2) is 6.59. The Morgan fingerprint density at radius 1 is 1.32 bits per heavy atom. The summed E-state index contributed by atoms with van der Waals surface area (Å²) in [6.45, 7) is 0.554. The maximum atomic E-state index is 13.5. The number of hydrogen-bond acceptors (Lipinski definition) is 3. The minimum absolute atomic E-state index is 0.0147. The summed E-state index contributed by atoms with van der Waals surface area (Å²) in [6.07, 6.45) is 8.19. The number of rotatable bonds is 3. The van der Waals surface area contributed by atoms with E-state index in [1.54, 1.807) is 12.1 Å². The molecule has 5 nitrogen and oxygen atoms in total. The van der Waals surface area contributed by atoms with E-state index in [9.17, 15) is 9.18 Å². The van der Waals surface area contributed by atoms with Crippen LogP contribution in [-0.4, -0.2) is 34.4 Å². The lowest BCUT2D eigenvalue weighted by Crippen LogP contribution is -2.37. The molecule has 2 fully saturated rings. The minimum atomic E-state index is -0.345. The summed E-state index contributed by atoms with van der Waals surface area (Å²) in [5.41, 5.74) is 1.52. The van der Waals surface area contributed by atoms with Crippen molar-refractivity contribution in [3.63, 3.8) is 0 Å². The van der Waals surface area contributed by atoms with Gasteiger partial charge in [0.25, 0.3) is 5.91 Å². The summed E-state index contributed by atoms with van der Waals surface area (Å²) in [7, 11) is 0. The van der Waals surface area contributed by atoms with Crippen molar-refractivity contribution in [2.45, 2.75) is 50.2 Å². The molecule has 25 heavy (non-hydrogen) atoms. The quantitative estimate of drug-likeness (QED) is 0.897. The van der Waals surface area contributed by atoms with Crippen molar-refractivity contribution in [2.75, 3.05) is 6.61 Å². The van der Waals surface area contributed by atoms with Crippen molar-refractivity contribution < 1.29 is 13.9 Å². The topological polar surface area (TPSA) is 67.0 Å². The number of carbonyl (C=O) groups excluding carboxylic acids is 1. The molecule has 1 aliphatic heterocycles. The van der Waals surface area contributed by atoms with Crippen LogP contribution in [0.5, 0.6) is 0 Å². The molecule has 2 N–H and O–H groups in total. The van der Waals surface area contributed by atoms with Gasteiger partial charge in [0.05, 0.1) is 35.7 Å². The van der Waals surface area contributed by atoms with E-state index in [2.05, 4.69) is 15.5 Å². The number of amides is 1. The van der Waals surface area contributed by atoms with E-state index in [0.29, 0.717) is 23.4 Å². The normalized spacial score (nSPS) is 22.2. The lowest BCUT2D eigenvalue weighted by molar-refractivity contribution is -0.0246. The molecule has 0 radical (unpaired) electrons. The summed E-state index contributed by atoms with van der Waals surface area (Å²) >= 11 is 0. The summed E-state index contributed by atoms with van der Waals surface area (Å²) in [6, 6.07) is 6.15. The van der Waals surface area contributed by atoms with E-state index in [-0.39, 0.29) is 23.4 Å². The highest BCUT2D eigenvalue weighted by molar-refractivity contribution is 5.99. The average molecular weight is 343 g/mol. The second-order valence-electron chi connectivity index (χ2n) is 7.10. The zero-order chi connectivity index (χ0) is 17.3. The molecule has 1 amide bonds. The third-order valence-corrected chi connectivity index (χ3v) is 5.31. The number of benzene rings is 1. The van der Waals surface area contributed by atoms with Crippen LogP contribution in [0.4, 0.5) is 4.39 Å². The molecule has 1 aliphatic carbocycles. The first kappa shape index (κ1) is 16.3. The summed E-state index contributed by atoms with van der Waals surface area (Å²) < 4.78 is 19.5. The van der Waals surface area contributed by atoms with Gasteiger partial charge in [0, 0.05) is 5.56 Å². The van der Waals surface area contributed by atoms with Crippen LogP contribution >= 0.6 is 0 Å². The Morgan fingerprint density at radius 3 is 2.96 bits per heavy atom. The highest BCUT2D eigenvalue weighted by Gasteiger charge is 2.41. The van der Waals surface area contributed by atoms with Crippen molar-refractivity contribution >= 4 is 5.91 Å². The number of ether oxygens (including phenoxy) is 1. The zero-order valence-corrected chi connectivity index (χ0v) is 14.1. The molecule has 2 aromatic rings. The highest BCUT2D eigenvalue weighted by atomic mass is 19.1. The molecule has 1 atom stereocenters. The highest BCUT2D eigenvalue weighted by Crippen LogP contribution is 2.39. The molecule has 1 spiro atoms. The Kier molecular flexibility index (Phi) is 4.29. The van der Waals surface area contributed by atoms with Crippen molar-refractivity contribution in [2.24, 2.45) is 0 Å². The van der Waals surface area contributed by atoms with Gasteiger partial charge in [-0.15, -0.1) is 0 Å². The van der Waals surface area contributed by atoms with E-state index in [1.165, 1.54) is 37.6 Å². The number of carbonyl (C=O) groups is 1. The van der Waals surface area contributed by atoms with E-state index >= 15 is 0 Å². The monoisotopic (exact) mass is 343 g/mol. The number of H-pyrrole nitrogens is 1. The second-order valence-corrected chi connectivity index (χ2v) is 7.10. The van der Waals surface area contributed by atoms with Crippen molar-refractivity contribution in [1.29, 1.82) is 0 Å². The van der Waals surface area contributed by atoms with Gasteiger partial charge < -0.3 is 10.1 Å². The van der Waals surface area contributed by atoms with E-state index in [1.807, 2.05) is 0 Å². The molecule has 0 bridgehead atoms. The number of halogens is 1. The van der Waals surface area contributed by atoms with Gasteiger partial charge in [-0.2, -0.15) is 5.10 Å². The fourth-order valence-corrected chi connectivity index (χ4v) is 4.07. The number of nitrogens with zero attached hydrogens (tertiary/aromatic N) is 1. The van der Waals surface area contributed by atoms with Crippen LogP contribution in [0.15, 0.2) is 30.5 Å². The molecule has 1 aromatic carbocycles. The predicted molar refractivity (Wildman–Crippen MR) is 91.6 cm³/mol. The van der Waals surface area contributed by atoms with Crippen LogP contribution in [0.3, 0.4) is 0 Å². The molecule has 2 heterocycles. The number of hydrogen-bond donors (Lipinski definition) is 2. The maximum Gasteiger partial charge on any atom is 0.255 e. The standard InChI is InChI=1S/C19H22FN3O2/c20-14-6-4-5-13(9-14)17-16(11-21-23-17)18(24)22-15-10-19(25-12-15)7-2-1-3-8-19/h4-6,9,11,15H,1-3,7-8,10,12H2,(H,21,23)(H,22,24)/t15-/m0/s1. The van der Waals surface area contributed by atoms with Crippen LogP contribution in [0.1, 0.15) is 48.9 Å². The fraction of sp³-hybridized carbons (Fsp3) is 0.474. The molecule has 2 aliphatic rings. The SMILES string of the molecule is O=C(N[C@@H]1COC2(CCCCC2)C1)c1cn[nH]c1-c1cccc(F)c1. The Balaban J connectivity index is 1.47. The molecule has 0 unspecified atom stereocenters. The van der Waals surface area contributed by atoms with E-state index < -0.39 is 0 Å². The lowest BCUT2D eigenvalue weighted by Gasteiger charge is -2.32. The van der Waals surface area contributed by atoms with Crippen molar-refractivity contribution in [3.05, 3.63) is 41.8 Å². The third kappa shape index (κ3) is 3.31. The molecule has 132 valence electrons. The van der Waals surface area contributed by atoms with Gasteiger partial charge >= 0.3 is 0 Å². The maximum absolute atomic E-state index is 13.5. The lowest BCUT2D eigenvalue weighted by atomic mass is 9.82. The molecule has 1 saturated heterocycles. The van der Waals surface area contributed by atoms with E-state index in [4.69, 9.17) is 4.74 Å². The van der Waals surface area contributed by atoms with Crippen LogP contribution in [0.25, 0.3) is 11.3 Å². The summed E-state index contributed by atoms with van der Waals surface area (Å²) in [5.74, 6) is -0.545. The van der Waals surface area contributed by atoms with Gasteiger partial charge in [0.2, 0.25) is 0 Å². The number of aromatic nitrogens is 2. The van der Waals surface area contributed by atoms with Gasteiger partial charge in [-0.05, 0) is 31.4 Å². The van der Waals surface area contributed by atoms with Gasteiger partial charge in [-0.25, -0.2) is 4.39 Å². The van der Waals surface area contributed by atoms with Crippen LogP contribution < -0.4 is 5.32 Å². The largest absolute Gasteiger partial charge is 0.373 e. The fourth-order valence-electron chi connectivity index (χ4n) is 4.07. The number of nitrogens with one attached hydrogen (secondary N) is 2.